The van der Waals surface area contributed by atoms with Gasteiger partial charge in [-0.15, -0.1) is 0 Å². The van der Waals surface area contributed by atoms with E-state index in [1.54, 1.807) is 10.4 Å². The summed E-state index contributed by atoms with van der Waals surface area (Å²) in [6.07, 6.45) is 1.89. The predicted octanol–water partition coefficient (Wildman–Crippen LogP) is 1.91. The van der Waals surface area contributed by atoms with Crippen LogP contribution in [0.3, 0.4) is 0 Å². The van der Waals surface area contributed by atoms with Gasteiger partial charge in [0.25, 0.3) is 0 Å². The highest BCUT2D eigenvalue weighted by molar-refractivity contribution is 5.87. The molecule has 3 fully saturated rings. The Bertz CT molecular complexity index is 883. The van der Waals surface area contributed by atoms with Gasteiger partial charge in [0.1, 0.15) is 0 Å². The third-order valence-corrected chi connectivity index (χ3v) is 7.97. The van der Waals surface area contributed by atoms with Gasteiger partial charge in [-0.3, -0.25) is 14.8 Å². The highest BCUT2D eigenvalue weighted by atomic mass is 16.5. The molecule has 0 bridgehead atoms. The van der Waals surface area contributed by atoms with Crippen molar-refractivity contribution in [2.45, 2.75) is 63.1 Å². The second-order valence-electron chi connectivity index (χ2n) is 9.96. The maximum atomic E-state index is 13.5. The molecule has 2 saturated carbocycles. The number of carboxylic acid groups (broad SMARTS) is 1. The molecule has 0 unspecified atom stereocenters. The molecule has 10 nitrogen and oxygen atoms in total. The summed E-state index contributed by atoms with van der Waals surface area (Å²) in [4.78, 5) is 43.7. The molecule has 0 aromatic heterocycles. The number of benzene rings is 1. The van der Waals surface area contributed by atoms with Gasteiger partial charge >= 0.3 is 6.09 Å². The van der Waals surface area contributed by atoms with E-state index in [1.165, 1.54) is 4.90 Å². The van der Waals surface area contributed by atoms with Crippen LogP contribution in [-0.4, -0.2) is 87.5 Å². The van der Waals surface area contributed by atoms with E-state index in [2.05, 4.69) is 4.90 Å². The minimum Gasteiger partial charge on any atom is -0.465 e. The molecule has 10 heteroatoms. The number of nitrogens with zero attached hydrogens (tertiary/aromatic N) is 3. The van der Waals surface area contributed by atoms with Crippen LogP contribution in [0, 0.1) is 11.8 Å². The summed E-state index contributed by atoms with van der Waals surface area (Å²) in [7, 11) is 0. The van der Waals surface area contributed by atoms with Gasteiger partial charge in [0.2, 0.25) is 11.8 Å². The van der Waals surface area contributed by atoms with Crippen molar-refractivity contribution in [1.29, 1.82) is 0 Å². The summed E-state index contributed by atoms with van der Waals surface area (Å²) in [5.41, 5.74) is 2.82. The fraction of sp³-hybridized carbons (Fsp3) is 0.640. The van der Waals surface area contributed by atoms with Crippen LogP contribution in [0.2, 0.25) is 0 Å². The van der Waals surface area contributed by atoms with Crippen LogP contribution < -0.4 is 10.4 Å². The molecule has 4 N–H and O–H groups in total. The number of aliphatic hydroxyl groups is 1. The van der Waals surface area contributed by atoms with E-state index < -0.39 is 36.0 Å². The van der Waals surface area contributed by atoms with E-state index >= 15 is 0 Å². The zero-order valence-corrected chi connectivity index (χ0v) is 20.0. The number of carbonyl (C=O) groups excluding carboxylic acids is 2. The average Bonchev–Trinajstić information content (AvgIpc) is 2.89. The van der Waals surface area contributed by atoms with Crippen LogP contribution in [0.25, 0.3) is 0 Å². The first-order valence-electron chi connectivity index (χ1n) is 12.6. The van der Waals surface area contributed by atoms with E-state index in [9.17, 15) is 29.8 Å². The maximum Gasteiger partial charge on any atom is 0.407 e. The Hall–Kier alpha value is -2.85. The third kappa shape index (κ3) is 5.70. The number of anilines is 1. The molecule has 4 rings (SSSR count). The summed E-state index contributed by atoms with van der Waals surface area (Å²) in [5.74, 6) is -2.13. The molecule has 0 radical (unpaired) electrons. The molecule has 3 aliphatic rings. The Morgan fingerprint density at radius 1 is 0.857 bits per heavy atom. The molecule has 3 atom stereocenters. The number of rotatable bonds is 5. The van der Waals surface area contributed by atoms with Crippen molar-refractivity contribution >= 4 is 23.6 Å². The van der Waals surface area contributed by atoms with Gasteiger partial charge in [0.05, 0.1) is 12.0 Å². The molecule has 0 spiro atoms. The standard InChI is InChI=1S/C25H36N4O6/c30-20-9-6-18(7-10-20)29(25(33)34)19-8-11-21(22(16-19)23(31)26-35)24(32)28-14-12-27(13-15-28)17-4-2-1-3-5-17/h1-5,18-22,30,35H,6-16H2,(H,26,31)(H,33,34)/t18?,19-,20?,21+,22+/m1/s1. The van der Waals surface area contributed by atoms with Crippen molar-refractivity contribution < 1.29 is 29.8 Å². The Morgan fingerprint density at radius 2 is 1.49 bits per heavy atom. The van der Waals surface area contributed by atoms with E-state index in [1.807, 2.05) is 30.3 Å². The van der Waals surface area contributed by atoms with Crippen LogP contribution >= 0.6 is 0 Å². The Morgan fingerprint density at radius 3 is 2.09 bits per heavy atom. The number of nitrogens with one attached hydrogen (secondary N) is 1. The van der Waals surface area contributed by atoms with Gasteiger partial charge in [-0.1, -0.05) is 18.2 Å². The number of piperazine rings is 1. The fourth-order valence-electron chi connectivity index (χ4n) is 6.07. The average molecular weight is 489 g/mol. The topological polar surface area (TPSA) is 134 Å². The van der Waals surface area contributed by atoms with Crippen LogP contribution in [0.4, 0.5) is 10.5 Å². The van der Waals surface area contributed by atoms with Crippen molar-refractivity contribution in [3.8, 4) is 0 Å². The first-order chi connectivity index (χ1) is 16.9. The summed E-state index contributed by atoms with van der Waals surface area (Å²) < 4.78 is 0. The van der Waals surface area contributed by atoms with E-state index in [0.717, 1.165) is 5.69 Å². The van der Waals surface area contributed by atoms with Crippen molar-refractivity contribution in [3.05, 3.63) is 30.3 Å². The Balaban J connectivity index is 1.42. The smallest absolute Gasteiger partial charge is 0.407 e. The molecule has 1 heterocycles. The summed E-state index contributed by atoms with van der Waals surface area (Å²) >= 11 is 0. The number of hydrogen-bond acceptors (Lipinski definition) is 6. The van der Waals surface area contributed by atoms with Crippen molar-refractivity contribution in [2.24, 2.45) is 11.8 Å². The molecule has 192 valence electrons. The molecular formula is C25H36N4O6. The SMILES string of the molecule is O=C(NO)[C@H]1C[C@H](N(C(=O)O)C2CCC(O)CC2)CC[C@@H]1C(=O)N1CCN(c2ccccc2)CC1. The van der Waals surface area contributed by atoms with Crippen molar-refractivity contribution in [2.75, 3.05) is 31.1 Å². The Labute approximate surface area is 205 Å². The quantitative estimate of drug-likeness (QED) is 0.367. The van der Waals surface area contributed by atoms with Gasteiger partial charge in [-0.2, -0.15) is 0 Å². The third-order valence-electron chi connectivity index (χ3n) is 7.97. The summed E-state index contributed by atoms with van der Waals surface area (Å²) in [5, 5.41) is 29.2. The normalized spacial score (nSPS) is 29.4. The molecule has 1 aromatic carbocycles. The van der Waals surface area contributed by atoms with Crippen LogP contribution in [0.1, 0.15) is 44.9 Å². The number of carbonyl (C=O) groups is 3. The minimum absolute atomic E-state index is 0.104. The first-order valence-corrected chi connectivity index (χ1v) is 12.6. The molecular weight excluding hydrogens is 452 g/mol. The van der Waals surface area contributed by atoms with Crippen molar-refractivity contribution in [3.63, 3.8) is 0 Å². The maximum absolute atomic E-state index is 13.5. The second kappa shape index (κ2) is 11.3. The van der Waals surface area contributed by atoms with Gasteiger partial charge in [0, 0.05) is 49.9 Å². The number of amides is 3. The van der Waals surface area contributed by atoms with Crippen LogP contribution in [-0.2, 0) is 9.59 Å². The lowest BCUT2D eigenvalue weighted by atomic mass is 9.74. The van der Waals surface area contributed by atoms with Gasteiger partial charge in [-0.05, 0) is 57.1 Å². The van der Waals surface area contributed by atoms with E-state index in [4.69, 9.17) is 0 Å². The van der Waals surface area contributed by atoms with E-state index in [0.29, 0.717) is 64.7 Å². The van der Waals surface area contributed by atoms with Gasteiger partial charge < -0.3 is 24.9 Å². The molecule has 3 amide bonds. The largest absolute Gasteiger partial charge is 0.465 e. The summed E-state index contributed by atoms with van der Waals surface area (Å²) in [6, 6.07) is 9.41. The molecule has 1 saturated heterocycles. The summed E-state index contributed by atoms with van der Waals surface area (Å²) in [6.45, 7) is 2.49. The van der Waals surface area contributed by atoms with Gasteiger partial charge in [-0.25, -0.2) is 10.3 Å². The molecule has 1 aromatic rings. The van der Waals surface area contributed by atoms with Gasteiger partial charge in [0.15, 0.2) is 0 Å². The molecule has 1 aliphatic heterocycles. The number of para-hydroxylation sites is 1. The van der Waals surface area contributed by atoms with E-state index in [-0.39, 0.29) is 18.4 Å². The predicted molar refractivity (Wildman–Crippen MR) is 128 cm³/mol. The lowest BCUT2D eigenvalue weighted by molar-refractivity contribution is -0.148. The zero-order chi connectivity index (χ0) is 24.9. The Kier molecular flexibility index (Phi) is 8.12. The highest BCUT2D eigenvalue weighted by Gasteiger charge is 2.45. The second-order valence-corrected chi connectivity index (χ2v) is 9.96. The first kappa shape index (κ1) is 25.2. The lowest BCUT2D eigenvalue weighted by Gasteiger charge is -2.45. The number of aliphatic hydroxyl groups excluding tert-OH is 1. The fourth-order valence-corrected chi connectivity index (χ4v) is 6.07. The number of hydroxylamine groups is 1. The van der Waals surface area contributed by atoms with Crippen LogP contribution in [0.5, 0.6) is 0 Å². The monoisotopic (exact) mass is 488 g/mol. The minimum atomic E-state index is -1.04. The van der Waals surface area contributed by atoms with Crippen LogP contribution in [0.15, 0.2) is 30.3 Å². The lowest BCUT2D eigenvalue weighted by Crippen LogP contribution is -2.56. The molecule has 35 heavy (non-hydrogen) atoms. The number of hydrogen-bond donors (Lipinski definition) is 4. The zero-order valence-electron chi connectivity index (χ0n) is 20.0. The highest BCUT2D eigenvalue weighted by Crippen LogP contribution is 2.37. The van der Waals surface area contributed by atoms with Crippen molar-refractivity contribution in [1.82, 2.24) is 15.3 Å². The molecule has 2 aliphatic carbocycles.